The molecule has 0 aromatic carbocycles. The van der Waals surface area contributed by atoms with Gasteiger partial charge in [0.1, 0.15) is 6.26 Å². The van der Waals surface area contributed by atoms with E-state index in [2.05, 4.69) is 0 Å². The van der Waals surface area contributed by atoms with Crippen molar-refractivity contribution in [3.05, 3.63) is 24.2 Å². The van der Waals surface area contributed by atoms with Gasteiger partial charge in [-0.2, -0.15) is 0 Å². The van der Waals surface area contributed by atoms with E-state index in [9.17, 15) is 4.79 Å². The van der Waals surface area contributed by atoms with Crippen LogP contribution in [0.4, 0.5) is 0 Å². The molecule has 2 aliphatic heterocycles. The van der Waals surface area contributed by atoms with Crippen LogP contribution in [0.3, 0.4) is 0 Å². The average Bonchev–Trinajstić information content (AvgIpc) is 3.10. The van der Waals surface area contributed by atoms with Gasteiger partial charge in [0.2, 0.25) is 0 Å². The molecule has 2 fully saturated rings. The van der Waals surface area contributed by atoms with E-state index in [1.807, 2.05) is 4.90 Å². The van der Waals surface area contributed by atoms with Crippen LogP contribution in [-0.2, 0) is 9.47 Å². The molecule has 1 aromatic rings. The lowest BCUT2D eigenvalue weighted by atomic mass is 9.98. The maximum absolute atomic E-state index is 12.2. The van der Waals surface area contributed by atoms with Crippen LogP contribution in [0.25, 0.3) is 0 Å². The predicted octanol–water partition coefficient (Wildman–Crippen LogP) is 1.30. The van der Waals surface area contributed by atoms with Gasteiger partial charge in [0.25, 0.3) is 5.91 Å². The highest BCUT2D eigenvalue weighted by Crippen LogP contribution is 2.36. The monoisotopic (exact) mass is 251 g/mol. The van der Waals surface area contributed by atoms with Gasteiger partial charge in [0, 0.05) is 20.1 Å². The Morgan fingerprint density at radius 2 is 2.50 bits per heavy atom. The highest BCUT2D eigenvalue weighted by Gasteiger charge is 2.47. The van der Waals surface area contributed by atoms with Crippen molar-refractivity contribution in [2.45, 2.75) is 24.5 Å². The van der Waals surface area contributed by atoms with E-state index in [1.54, 1.807) is 13.2 Å². The summed E-state index contributed by atoms with van der Waals surface area (Å²) in [7, 11) is 1.70. The van der Waals surface area contributed by atoms with Crippen LogP contribution in [0.2, 0.25) is 0 Å². The van der Waals surface area contributed by atoms with Gasteiger partial charge in [-0.25, -0.2) is 0 Å². The van der Waals surface area contributed by atoms with Gasteiger partial charge in [-0.3, -0.25) is 4.79 Å². The van der Waals surface area contributed by atoms with Crippen molar-refractivity contribution in [3.8, 4) is 0 Å². The second-order valence-electron chi connectivity index (χ2n) is 5.04. The first-order valence-corrected chi connectivity index (χ1v) is 6.21. The van der Waals surface area contributed by atoms with Crippen molar-refractivity contribution in [2.24, 2.45) is 0 Å². The van der Waals surface area contributed by atoms with E-state index >= 15 is 0 Å². The second kappa shape index (κ2) is 4.40. The third kappa shape index (κ3) is 1.93. The molecule has 0 N–H and O–H groups in total. The molecule has 0 saturated carbocycles. The Morgan fingerprint density at radius 3 is 3.17 bits per heavy atom. The molecule has 5 heteroatoms. The Morgan fingerprint density at radius 1 is 1.61 bits per heavy atom. The fraction of sp³-hybridized carbons (Fsp3) is 0.615. The van der Waals surface area contributed by atoms with Crippen molar-refractivity contribution >= 4 is 5.91 Å². The van der Waals surface area contributed by atoms with Gasteiger partial charge in [-0.1, -0.05) is 0 Å². The zero-order valence-electron chi connectivity index (χ0n) is 10.4. The van der Waals surface area contributed by atoms with Gasteiger partial charge in [-0.15, -0.1) is 0 Å². The Kier molecular flexibility index (Phi) is 2.87. The minimum Gasteiger partial charge on any atom is -0.472 e. The lowest BCUT2D eigenvalue weighted by Crippen LogP contribution is -2.35. The Hall–Kier alpha value is -1.33. The lowest BCUT2D eigenvalue weighted by molar-refractivity contribution is 0.00701. The smallest absolute Gasteiger partial charge is 0.257 e. The summed E-state index contributed by atoms with van der Waals surface area (Å²) in [6.45, 7) is 2.02. The van der Waals surface area contributed by atoms with Crippen LogP contribution in [-0.4, -0.2) is 49.3 Å². The number of carbonyl (C=O) groups excluding carboxylic acids is 1. The first-order valence-electron chi connectivity index (χ1n) is 6.21. The van der Waals surface area contributed by atoms with E-state index in [0.29, 0.717) is 18.7 Å². The first kappa shape index (κ1) is 11.7. The molecule has 18 heavy (non-hydrogen) atoms. The number of amides is 1. The van der Waals surface area contributed by atoms with Crippen LogP contribution in [0.15, 0.2) is 23.0 Å². The third-order valence-corrected chi connectivity index (χ3v) is 3.88. The zero-order chi connectivity index (χ0) is 12.6. The minimum absolute atomic E-state index is 0.0186. The third-order valence-electron chi connectivity index (χ3n) is 3.88. The fourth-order valence-corrected chi connectivity index (χ4v) is 2.83. The predicted molar refractivity (Wildman–Crippen MR) is 63.3 cm³/mol. The molecular formula is C13H17NO4. The van der Waals surface area contributed by atoms with Gasteiger partial charge >= 0.3 is 0 Å². The maximum Gasteiger partial charge on any atom is 0.257 e. The number of carbonyl (C=O) groups is 1. The molecule has 1 spiro atoms. The number of rotatable bonds is 2. The summed E-state index contributed by atoms with van der Waals surface area (Å²) in [6.07, 6.45) is 4.93. The number of methoxy groups -OCH3 is 1. The van der Waals surface area contributed by atoms with E-state index in [-0.39, 0.29) is 17.6 Å². The molecule has 5 nitrogen and oxygen atoms in total. The fourth-order valence-electron chi connectivity index (χ4n) is 2.83. The summed E-state index contributed by atoms with van der Waals surface area (Å²) < 4.78 is 16.1. The first-order chi connectivity index (χ1) is 8.72. The summed E-state index contributed by atoms with van der Waals surface area (Å²) in [5.41, 5.74) is 0.411. The lowest BCUT2D eigenvalue weighted by Gasteiger charge is -2.22. The summed E-state index contributed by atoms with van der Waals surface area (Å²) in [5, 5.41) is 0. The quantitative estimate of drug-likeness (QED) is 0.795. The largest absolute Gasteiger partial charge is 0.472 e. The molecule has 0 aliphatic carbocycles. The average molecular weight is 251 g/mol. The van der Waals surface area contributed by atoms with Gasteiger partial charge in [0.15, 0.2) is 0 Å². The summed E-state index contributed by atoms with van der Waals surface area (Å²) in [4.78, 5) is 14.0. The van der Waals surface area contributed by atoms with Gasteiger partial charge < -0.3 is 18.8 Å². The van der Waals surface area contributed by atoms with Crippen LogP contribution < -0.4 is 0 Å². The molecule has 3 heterocycles. The van der Waals surface area contributed by atoms with E-state index in [1.165, 1.54) is 12.5 Å². The van der Waals surface area contributed by atoms with E-state index in [0.717, 1.165) is 19.4 Å². The number of furan rings is 1. The zero-order valence-corrected chi connectivity index (χ0v) is 10.4. The number of likely N-dealkylation sites (tertiary alicyclic amines) is 1. The number of hydrogen-bond acceptors (Lipinski definition) is 4. The van der Waals surface area contributed by atoms with Crippen LogP contribution in [0.1, 0.15) is 23.2 Å². The maximum atomic E-state index is 12.2. The standard InChI is InChI=1S/C13H17NO4/c1-16-11-6-13(18-8-11)3-4-14(9-13)12(15)10-2-5-17-7-10/h2,5,7,11H,3-4,6,8-9H2,1H3/t11-,13-/m0/s1. The van der Waals surface area contributed by atoms with Crippen molar-refractivity contribution in [2.75, 3.05) is 26.8 Å². The van der Waals surface area contributed by atoms with Crippen LogP contribution in [0.5, 0.6) is 0 Å². The van der Waals surface area contributed by atoms with Crippen molar-refractivity contribution < 1.29 is 18.7 Å². The molecule has 0 bridgehead atoms. The van der Waals surface area contributed by atoms with E-state index < -0.39 is 0 Å². The highest BCUT2D eigenvalue weighted by molar-refractivity contribution is 5.94. The number of ether oxygens (including phenoxy) is 2. The molecule has 0 unspecified atom stereocenters. The number of hydrogen-bond donors (Lipinski definition) is 0. The molecule has 2 atom stereocenters. The summed E-state index contributed by atoms with van der Waals surface area (Å²) in [6, 6.07) is 1.70. The molecule has 98 valence electrons. The molecule has 1 amide bonds. The van der Waals surface area contributed by atoms with Crippen molar-refractivity contribution in [1.29, 1.82) is 0 Å². The van der Waals surface area contributed by atoms with Crippen LogP contribution >= 0.6 is 0 Å². The molecule has 3 rings (SSSR count). The normalized spacial score (nSPS) is 31.4. The second-order valence-corrected chi connectivity index (χ2v) is 5.04. The van der Waals surface area contributed by atoms with Crippen molar-refractivity contribution in [1.82, 2.24) is 4.90 Å². The van der Waals surface area contributed by atoms with E-state index in [4.69, 9.17) is 13.9 Å². The molecule has 2 saturated heterocycles. The summed E-state index contributed by atoms with van der Waals surface area (Å²) in [5.74, 6) is 0.0186. The van der Waals surface area contributed by atoms with Gasteiger partial charge in [-0.05, 0) is 12.5 Å². The Balaban J connectivity index is 1.67. The van der Waals surface area contributed by atoms with Crippen LogP contribution in [0, 0.1) is 0 Å². The topological polar surface area (TPSA) is 51.9 Å². The highest BCUT2D eigenvalue weighted by atomic mass is 16.6. The SMILES string of the molecule is CO[C@@H]1CO[C@@]2(CCN(C(=O)c3ccoc3)C2)C1. The Bertz CT molecular complexity index is 430. The molecular weight excluding hydrogens is 234 g/mol. The number of nitrogens with zero attached hydrogens (tertiary/aromatic N) is 1. The Labute approximate surface area is 106 Å². The molecule has 2 aliphatic rings. The minimum atomic E-state index is -0.194. The van der Waals surface area contributed by atoms with Crippen molar-refractivity contribution in [3.63, 3.8) is 0 Å². The molecule has 0 radical (unpaired) electrons. The van der Waals surface area contributed by atoms with Gasteiger partial charge in [0.05, 0.1) is 36.7 Å². The summed E-state index contributed by atoms with van der Waals surface area (Å²) >= 11 is 0. The molecule has 1 aromatic heterocycles.